The molecular formula is C61H58GeIrN4O-2. The van der Waals surface area contributed by atoms with E-state index >= 15 is 0 Å². The topological polar surface area (TPSA) is 48.8 Å². The summed E-state index contributed by atoms with van der Waals surface area (Å²) in [6.45, 7) is 13.7. The van der Waals surface area contributed by atoms with Gasteiger partial charge in [-0.05, 0) is 64.4 Å². The Morgan fingerprint density at radius 3 is 1.85 bits per heavy atom. The third kappa shape index (κ3) is 8.57. The van der Waals surface area contributed by atoms with Gasteiger partial charge >= 0.3 is 126 Å². The zero-order valence-corrected chi connectivity index (χ0v) is 45.0. The number of para-hydroxylation sites is 6. The molecule has 0 unspecified atom stereocenters. The predicted octanol–water partition coefficient (Wildman–Crippen LogP) is 16.0. The Labute approximate surface area is 417 Å². The molecule has 4 aromatic heterocycles. The van der Waals surface area contributed by atoms with Crippen LogP contribution in [0.2, 0.25) is 17.3 Å². The van der Waals surface area contributed by atoms with Gasteiger partial charge in [0.1, 0.15) is 5.58 Å². The number of fused-ring (bicyclic) bond motifs is 7. The standard InChI is InChI=1S/C43H34N3O.C18H24GeN.Ir/c1-26(2)28-17-13-18-29(27(3)4)41(28)46-37-22-11-8-19-34(37)44-43(46)33-24-25-38(40-32-16-7-12-23-39(32)47-42(33)40)45-35-20-9-5-14-30(35)31-15-6-10-21-36(31)45;1-14(2)11-16-12-18(15-9-7-6-8-10-15)20-13-17(16)19(3,4)5;/h5-23,25-27H,1-4H3;6-9,12-14H,11H2,1-5H3;/q2*-1;. The smallest absolute Gasteiger partial charge is 0.121 e. The minimum atomic E-state index is -1.86. The maximum atomic E-state index is 6.85. The van der Waals surface area contributed by atoms with E-state index in [0.717, 1.165) is 78.8 Å². The minimum absolute atomic E-state index is 0. The quantitative estimate of drug-likeness (QED) is 0.107. The van der Waals surface area contributed by atoms with E-state index in [2.05, 4.69) is 214 Å². The Balaban J connectivity index is 0.000000232. The first kappa shape index (κ1) is 47.0. The van der Waals surface area contributed by atoms with E-state index in [0.29, 0.717) is 17.8 Å². The molecule has 0 aliphatic carbocycles. The first-order chi connectivity index (χ1) is 32.4. The summed E-state index contributed by atoms with van der Waals surface area (Å²) in [7, 11) is 0. The summed E-state index contributed by atoms with van der Waals surface area (Å²) < 4.78 is 13.1. The molecule has 4 heterocycles. The molecule has 5 nitrogen and oxygen atoms in total. The van der Waals surface area contributed by atoms with E-state index < -0.39 is 13.3 Å². The van der Waals surface area contributed by atoms with E-state index in [1.165, 1.54) is 33.2 Å². The van der Waals surface area contributed by atoms with Crippen molar-refractivity contribution in [2.75, 3.05) is 0 Å². The molecule has 343 valence electrons. The molecule has 0 N–H and O–H groups in total. The van der Waals surface area contributed by atoms with Gasteiger partial charge in [-0.2, -0.15) is 0 Å². The van der Waals surface area contributed by atoms with Crippen molar-refractivity contribution in [3.8, 4) is 34.0 Å². The van der Waals surface area contributed by atoms with Crippen molar-refractivity contribution in [1.82, 2.24) is 19.1 Å². The second-order valence-electron chi connectivity index (χ2n) is 19.9. The number of imidazole rings is 1. The Morgan fingerprint density at radius 2 is 1.24 bits per heavy atom. The molecule has 0 spiro atoms. The number of hydrogen-bond acceptors (Lipinski definition) is 3. The van der Waals surface area contributed by atoms with Crippen molar-refractivity contribution in [2.45, 2.75) is 77.1 Å². The number of pyridine rings is 1. The van der Waals surface area contributed by atoms with Gasteiger partial charge in [-0.3, -0.25) is 4.98 Å². The molecule has 0 atom stereocenters. The Bertz CT molecular complexity index is 3510. The second-order valence-corrected chi connectivity index (χ2v) is 30.5. The fourth-order valence-electron chi connectivity index (χ4n) is 9.95. The van der Waals surface area contributed by atoms with Crippen molar-refractivity contribution in [3.63, 3.8) is 0 Å². The van der Waals surface area contributed by atoms with Gasteiger partial charge < -0.3 is 13.6 Å². The van der Waals surface area contributed by atoms with E-state index in [1.54, 1.807) is 4.40 Å². The molecule has 68 heavy (non-hydrogen) atoms. The third-order valence-corrected chi connectivity index (χ3v) is 17.3. The van der Waals surface area contributed by atoms with Crippen molar-refractivity contribution in [1.29, 1.82) is 0 Å². The number of benzene rings is 7. The van der Waals surface area contributed by atoms with Crippen LogP contribution in [-0.2, 0) is 26.5 Å². The molecule has 7 aromatic carbocycles. The summed E-state index contributed by atoms with van der Waals surface area (Å²) in [5.74, 6) is 9.48. The molecule has 0 fully saturated rings. The van der Waals surface area contributed by atoms with Crippen LogP contribution in [-0.4, -0.2) is 32.4 Å². The molecule has 0 aliphatic rings. The van der Waals surface area contributed by atoms with Gasteiger partial charge in [-0.1, -0.05) is 118 Å². The maximum absolute atomic E-state index is 6.85. The van der Waals surface area contributed by atoms with Crippen molar-refractivity contribution in [3.05, 3.63) is 187 Å². The summed E-state index contributed by atoms with van der Waals surface area (Å²) in [5, 5.41) is 4.58. The van der Waals surface area contributed by atoms with Crippen LogP contribution in [0.25, 0.3) is 88.8 Å². The molecule has 0 bridgehead atoms. The van der Waals surface area contributed by atoms with Crippen molar-refractivity contribution in [2.24, 2.45) is 5.92 Å². The summed E-state index contributed by atoms with van der Waals surface area (Å²) >= 11 is -1.86. The van der Waals surface area contributed by atoms with E-state index in [1.807, 2.05) is 24.3 Å². The average molecular weight is 1130 g/mol. The molecule has 1 radical (unpaired) electrons. The molecular weight excluding hydrogens is 1070 g/mol. The number of furan rings is 1. The van der Waals surface area contributed by atoms with Gasteiger partial charge in [0.15, 0.2) is 0 Å². The van der Waals surface area contributed by atoms with Gasteiger partial charge in [0, 0.05) is 53.0 Å². The molecule has 11 rings (SSSR count). The van der Waals surface area contributed by atoms with Gasteiger partial charge in [0.2, 0.25) is 0 Å². The van der Waals surface area contributed by atoms with Gasteiger partial charge in [-0.15, -0.1) is 12.1 Å². The van der Waals surface area contributed by atoms with Crippen molar-refractivity contribution >= 4 is 72.4 Å². The van der Waals surface area contributed by atoms with Crippen LogP contribution in [0.1, 0.15) is 70.1 Å². The minimum Gasteiger partial charge on any atom is -0.500 e. The molecule has 0 amide bonds. The average Bonchev–Trinajstić information content (AvgIpc) is 4.01. The number of nitrogens with zero attached hydrogens (tertiary/aromatic N) is 4. The summed E-state index contributed by atoms with van der Waals surface area (Å²) in [5.41, 5.74) is 15.3. The van der Waals surface area contributed by atoms with Crippen LogP contribution < -0.4 is 4.40 Å². The Kier molecular flexibility index (Phi) is 13.2. The fourth-order valence-corrected chi connectivity index (χ4v) is 13.3. The summed E-state index contributed by atoms with van der Waals surface area (Å²) in [6, 6.07) is 60.3. The first-order valence-electron chi connectivity index (χ1n) is 23.8. The third-order valence-electron chi connectivity index (χ3n) is 13.0. The molecule has 11 aromatic rings. The zero-order valence-electron chi connectivity index (χ0n) is 40.5. The van der Waals surface area contributed by atoms with Crippen LogP contribution in [0.4, 0.5) is 0 Å². The van der Waals surface area contributed by atoms with Crippen LogP contribution >= 0.6 is 0 Å². The van der Waals surface area contributed by atoms with E-state index in [9.17, 15) is 0 Å². The summed E-state index contributed by atoms with van der Waals surface area (Å²) in [6.07, 6.45) is 3.27. The molecule has 0 aliphatic heterocycles. The number of rotatable bonds is 9. The van der Waals surface area contributed by atoms with E-state index in [-0.39, 0.29) is 20.1 Å². The van der Waals surface area contributed by atoms with Crippen LogP contribution in [0.5, 0.6) is 0 Å². The SMILES string of the molecule is CC(C)Cc1cc(-c2[c-]cccc2)nc[c]1[Ge]([CH3])([CH3])[CH3].CC(C)c1cccc(C(C)C)c1-n1c(-c2[c-]cc(-n3c4ccccc4c4ccccc43)c3c2oc2ccccc23)nc2ccccc21.[Ir]. The zero-order chi connectivity index (χ0) is 46.6. The second kappa shape index (κ2) is 19.2. The van der Waals surface area contributed by atoms with Crippen LogP contribution in [0, 0.1) is 18.1 Å². The van der Waals surface area contributed by atoms with E-state index in [4.69, 9.17) is 14.4 Å². The number of aromatic nitrogens is 4. The van der Waals surface area contributed by atoms with Crippen LogP contribution in [0.3, 0.4) is 0 Å². The van der Waals surface area contributed by atoms with Gasteiger partial charge in [0.05, 0.1) is 22.4 Å². The maximum Gasteiger partial charge on any atom is 0.121 e. The molecule has 7 heteroatoms. The first-order valence-corrected chi connectivity index (χ1v) is 31.1. The predicted molar refractivity (Wildman–Crippen MR) is 285 cm³/mol. The monoisotopic (exact) mass is 1130 g/mol. The number of hydrogen-bond donors (Lipinski definition) is 0. The van der Waals surface area contributed by atoms with Gasteiger partial charge in [0.25, 0.3) is 0 Å². The summed E-state index contributed by atoms with van der Waals surface area (Å²) in [4.78, 5) is 10.0. The van der Waals surface area contributed by atoms with Crippen molar-refractivity contribution < 1.29 is 24.5 Å². The molecule has 0 saturated carbocycles. The molecule has 0 saturated heterocycles. The largest absolute Gasteiger partial charge is 0.500 e. The normalized spacial score (nSPS) is 11.9. The Hall–Kier alpha value is -6.05. The fraction of sp³-hybridized carbons (Fsp3) is 0.213. The Morgan fingerprint density at radius 1 is 0.632 bits per heavy atom. The van der Waals surface area contributed by atoms with Crippen LogP contribution in [0.15, 0.2) is 162 Å². The van der Waals surface area contributed by atoms with Gasteiger partial charge in [-0.25, -0.2) is 0 Å².